The maximum Gasteiger partial charge on any atom is 0.228 e. The summed E-state index contributed by atoms with van der Waals surface area (Å²) in [7, 11) is 0. The first-order chi connectivity index (χ1) is 15.5. The molecule has 1 aliphatic rings. The SMILES string of the molecule is O=C(Nc1ccc2cc(Cl)ccc2n1)C1CCC(c2cnn(-c3ccc(Cl)cc3)c2)CC1. The summed E-state index contributed by atoms with van der Waals surface area (Å²) in [5.41, 5.74) is 3.01. The first-order valence-corrected chi connectivity index (χ1v) is 11.5. The molecule has 5 rings (SSSR count). The van der Waals surface area contributed by atoms with E-state index in [1.54, 1.807) is 6.07 Å². The van der Waals surface area contributed by atoms with Crippen LogP contribution in [0.25, 0.3) is 16.6 Å². The molecule has 2 aromatic heterocycles. The fourth-order valence-corrected chi connectivity index (χ4v) is 4.67. The average Bonchev–Trinajstić information content (AvgIpc) is 3.30. The lowest BCUT2D eigenvalue weighted by Gasteiger charge is -2.27. The number of fused-ring (bicyclic) bond motifs is 1. The number of nitrogens with zero attached hydrogens (tertiary/aromatic N) is 3. The second kappa shape index (κ2) is 8.93. The van der Waals surface area contributed by atoms with Crippen LogP contribution in [-0.4, -0.2) is 20.7 Å². The molecule has 2 aromatic carbocycles. The third-order valence-corrected chi connectivity index (χ3v) is 6.65. The Kier molecular flexibility index (Phi) is 5.85. The number of aromatic nitrogens is 3. The molecule has 4 aromatic rings. The lowest BCUT2D eigenvalue weighted by molar-refractivity contribution is -0.120. The molecule has 0 unspecified atom stereocenters. The molecule has 1 fully saturated rings. The lowest BCUT2D eigenvalue weighted by Crippen LogP contribution is -2.27. The van der Waals surface area contributed by atoms with E-state index in [0.29, 0.717) is 21.8 Å². The third kappa shape index (κ3) is 4.50. The molecule has 0 radical (unpaired) electrons. The van der Waals surface area contributed by atoms with Crippen LogP contribution in [0, 0.1) is 5.92 Å². The molecule has 7 heteroatoms. The van der Waals surface area contributed by atoms with Gasteiger partial charge in [0.25, 0.3) is 0 Å². The summed E-state index contributed by atoms with van der Waals surface area (Å²) in [4.78, 5) is 17.4. The number of benzene rings is 2. The molecule has 1 saturated carbocycles. The number of pyridine rings is 1. The fraction of sp³-hybridized carbons (Fsp3) is 0.240. The van der Waals surface area contributed by atoms with Crippen molar-refractivity contribution >= 4 is 45.8 Å². The van der Waals surface area contributed by atoms with Crippen molar-refractivity contribution in [1.82, 2.24) is 14.8 Å². The fourth-order valence-electron chi connectivity index (χ4n) is 4.37. The maximum absolute atomic E-state index is 12.8. The lowest BCUT2D eigenvalue weighted by atomic mass is 9.79. The molecule has 0 aliphatic heterocycles. The van der Waals surface area contributed by atoms with Gasteiger partial charge in [-0.15, -0.1) is 0 Å². The quantitative estimate of drug-likeness (QED) is 0.368. The van der Waals surface area contributed by atoms with Crippen LogP contribution in [0.3, 0.4) is 0 Å². The van der Waals surface area contributed by atoms with Gasteiger partial charge in [0.05, 0.1) is 17.4 Å². The first kappa shape index (κ1) is 21.0. The monoisotopic (exact) mass is 464 g/mol. The minimum absolute atomic E-state index is 0.000254. The van der Waals surface area contributed by atoms with Crippen molar-refractivity contribution < 1.29 is 4.79 Å². The summed E-state index contributed by atoms with van der Waals surface area (Å²) < 4.78 is 1.88. The van der Waals surface area contributed by atoms with Crippen LogP contribution >= 0.6 is 23.2 Å². The predicted octanol–water partition coefficient (Wildman–Crippen LogP) is 6.64. The van der Waals surface area contributed by atoms with Crippen molar-refractivity contribution in [2.24, 2.45) is 5.92 Å². The molecule has 1 N–H and O–H groups in total. The zero-order valence-corrected chi connectivity index (χ0v) is 18.9. The van der Waals surface area contributed by atoms with Crippen LogP contribution in [0.4, 0.5) is 5.82 Å². The average molecular weight is 465 g/mol. The Labute approximate surface area is 196 Å². The number of anilines is 1. The molecule has 0 bridgehead atoms. The number of hydrogen-bond acceptors (Lipinski definition) is 3. The van der Waals surface area contributed by atoms with Crippen LogP contribution in [0.2, 0.25) is 10.0 Å². The van der Waals surface area contributed by atoms with Gasteiger partial charge in [-0.05, 0) is 91.8 Å². The molecular formula is C25H22Cl2N4O. The molecule has 162 valence electrons. The molecule has 5 nitrogen and oxygen atoms in total. The highest BCUT2D eigenvalue weighted by Crippen LogP contribution is 2.36. The van der Waals surface area contributed by atoms with Crippen LogP contribution < -0.4 is 5.32 Å². The van der Waals surface area contributed by atoms with Gasteiger partial charge in [-0.3, -0.25) is 4.79 Å². The Hall–Kier alpha value is -2.89. The molecule has 0 saturated heterocycles. The number of nitrogens with one attached hydrogen (secondary N) is 1. The first-order valence-electron chi connectivity index (χ1n) is 10.7. The molecule has 1 amide bonds. The Bertz CT molecular complexity index is 1260. The summed E-state index contributed by atoms with van der Waals surface area (Å²) in [5, 5.41) is 9.84. The smallest absolute Gasteiger partial charge is 0.228 e. The van der Waals surface area contributed by atoms with Crippen LogP contribution in [0.5, 0.6) is 0 Å². The van der Waals surface area contributed by atoms with Gasteiger partial charge in [0.1, 0.15) is 5.82 Å². The molecule has 0 spiro atoms. The second-order valence-electron chi connectivity index (χ2n) is 8.27. The number of rotatable bonds is 4. The minimum atomic E-state index is 0.000254. The van der Waals surface area contributed by atoms with Gasteiger partial charge in [0.15, 0.2) is 0 Å². The minimum Gasteiger partial charge on any atom is -0.310 e. The Morgan fingerprint density at radius 1 is 0.938 bits per heavy atom. The summed E-state index contributed by atoms with van der Waals surface area (Å²) in [6.45, 7) is 0. The van der Waals surface area contributed by atoms with Crippen molar-refractivity contribution in [3.63, 3.8) is 0 Å². The molecule has 2 heterocycles. The standard InChI is InChI=1S/C25H22Cl2N4O/c26-20-6-9-22(10-7-20)31-15-19(14-28-31)16-1-3-17(4-2-16)25(32)30-24-12-5-18-13-21(27)8-11-23(18)29-24/h5-17H,1-4H2,(H,29,30,32). The molecule has 32 heavy (non-hydrogen) atoms. The van der Waals surface area contributed by atoms with Crippen molar-refractivity contribution in [3.05, 3.63) is 82.6 Å². The highest BCUT2D eigenvalue weighted by molar-refractivity contribution is 6.31. The second-order valence-corrected chi connectivity index (χ2v) is 9.14. The van der Waals surface area contributed by atoms with Crippen LogP contribution in [0.15, 0.2) is 67.0 Å². The maximum atomic E-state index is 12.8. The Morgan fingerprint density at radius 2 is 1.69 bits per heavy atom. The number of carbonyl (C=O) groups excluding carboxylic acids is 1. The van der Waals surface area contributed by atoms with Crippen LogP contribution in [0.1, 0.15) is 37.2 Å². The number of hydrogen-bond donors (Lipinski definition) is 1. The van der Waals surface area contributed by atoms with Gasteiger partial charge in [0.2, 0.25) is 5.91 Å². The topological polar surface area (TPSA) is 59.8 Å². The van der Waals surface area contributed by atoms with Crippen molar-refractivity contribution in [1.29, 1.82) is 0 Å². The van der Waals surface area contributed by atoms with Gasteiger partial charge in [0, 0.05) is 27.5 Å². The van der Waals surface area contributed by atoms with Crippen molar-refractivity contribution in [2.75, 3.05) is 5.32 Å². The van der Waals surface area contributed by atoms with E-state index in [2.05, 4.69) is 21.6 Å². The van der Waals surface area contributed by atoms with E-state index in [9.17, 15) is 4.79 Å². The molecule has 0 atom stereocenters. The Balaban J connectivity index is 1.20. The number of carbonyl (C=O) groups is 1. The Morgan fingerprint density at radius 3 is 2.47 bits per heavy atom. The number of halogens is 2. The van der Waals surface area contributed by atoms with Gasteiger partial charge in [-0.2, -0.15) is 5.10 Å². The highest BCUT2D eigenvalue weighted by atomic mass is 35.5. The van der Waals surface area contributed by atoms with E-state index < -0.39 is 0 Å². The van der Waals surface area contributed by atoms with E-state index in [4.69, 9.17) is 23.2 Å². The van der Waals surface area contributed by atoms with E-state index in [1.807, 2.05) is 59.4 Å². The van der Waals surface area contributed by atoms with Gasteiger partial charge in [-0.25, -0.2) is 9.67 Å². The van der Waals surface area contributed by atoms with Gasteiger partial charge >= 0.3 is 0 Å². The largest absolute Gasteiger partial charge is 0.310 e. The van der Waals surface area contributed by atoms with E-state index in [-0.39, 0.29) is 11.8 Å². The summed E-state index contributed by atoms with van der Waals surface area (Å²) in [5.74, 6) is 1.04. The zero-order chi connectivity index (χ0) is 22.1. The predicted molar refractivity (Wildman–Crippen MR) is 129 cm³/mol. The van der Waals surface area contributed by atoms with E-state index >= 15 is 0 Å². The highest BCUT2D eigenvalue weighted by Gasteiger charge is 2.28. The number of amides is 1. The van der Waals surface area contributed by atoms with Crippen molar-refractivity contribution in [2.45, 2.75) is 31.6 Å². The van der Waals surface area contributed by atoms with E-state index in [0.717, 1.165) is 42.3 Å². The van der Waals surface area contributed by atoms with Gasteiger partial charge < -0.3 is 5.32 Å². The summed E-state index contributed by atoms with van der Waals surface area (Å²) in [6.07, 6.45) is 7.66. The van der Waals surface area contributed by atoms with E-state index in [1.165, 1.54) is 5.56 Å². The van der Waals surface area contributed by atoms with Gasteiger partial charge in [-0.1, -0.05) is 23.2 Å². The zero-order valence-electron chi connectivity index (χ0n) is 17.3. The normalized spacial score (nSPS) is 18.6. The van der Waals surface area contributed by atoms with Crippen molar-refractivity contribution in [3.8, 4) is 5.69 Å². The molecular weight excluding hydrogens is 443 g/mol. The van der Waals surface area contributed by atoms with Crippen LogP contribution in [-0.2, 0) is 4.79 Å². The third-order valence-electron chi connectivity index (χ3n) is 6.17. The summed E-state index contributed by atoms with van der Waals surface area (Å²) in [6, 6.07) is 16.9. The molecule has 1 aliphatic carbocycles. The summed E-state index contributed by atoms with van der Waals surface area (Å²) >= 11 is 12.0.